The molecule has 2 rings (SSSR count). The number of carbonyl (C=O) groups excluding carboxylic acids is 2. The molecule has 1 aliphatic heterocycles. The minimum Gasteiger partial charge on any atom is -0.493 e. The Morgan fingerprint density at radius 2 is 2.12 bits per heavy atom. The first-order chi connectivity index (χ1) is 11.4. The van der Waals surface area contributed by atoms with E-state index in [0.29, 0.717) is 12.1 Å². The lowest BCUT2D eigenvalue weighted by atomic mass is 10.1. The van der Waals surface area contributed by atoms with Crippen molar-refractivity contribution in [3.63, 3.8) is 0 Å². The van der Waals surface area contributed by atoms with E-state index in [9.17, 15) is 14.4 Å². The number of carboxylic acid groups (broad SMARTS) is 1. The zero-order valence-corrected chi connectivity index (χ0v) is 14.4. The van der Waals surface area contributed by atoms with Gasteiger partial charge in [-0.15, -0.1) is 0 Å². The van der Waals surface area contributed by atoms with Gasteiger partial charge in [0, 0.05) is 6.54 Å². The number of hydrogen-bond donors (Lipinski definition) is 1. The number of halogens is 1. The van der Waals surface area contributed by atoms with E-state index >= 15 is 0 Å². The van der Waals surface area contributed by atoms with Crippen LogP contribution in [-0.4, -0.2) is 47.4 Å². The highest BCUT2D eigenvalue weighted by Gasteiger charge is 2.33. The molecule has 1 aromatic carbocycles. The number of ether oxygens (including phenoxy) is 2. The maximum atomic E-state index is 12.1. The summed E-state index contributed by atoms with van der Waals surface area (Å²) in [4.78, 5) is 35.8. The van der Waals surface area contributed by atoms with Crippen molar-refractivity contribution in [2.75, 3.05) is 20.3 Å². The van der Waals surface area contributed by atoms with Crippen LogP contribution in [0.2, 0.25) is 5.02 Å². The van der Waals surface area contributed by atoms with E-state index in [2.05, 4.69) is 0 Å². The summed E-state index contributed by atoms with van der Waals surface area (Å²) in [5.74, 6) is -1.19. The lowest BCUT2D eigenvalue weighted by Crippen LogP contribution is -2.27. The molecule has 1 N–H and O–H groups in total. The van der Waals surface area contributed by atoms with Gasteiger partial charge in [-0.1, -0.05) is 11.6 Å². The van der Waals surface area contributed by atoms with Gasteiger partial charge in [-0.3, -0.25) is 14.5 Å². The Balaban J connectivity index is 2.34. The Hall–Kier alpha value is -2.19. The summed E-state index contributed by atoms with van der Waals surface area (Å²) in [6.07, 6.45) is 1.52. The molecule has 128 valence electrons. The van der Waals surface area contributed by atoms with Crippen molar-refractivity contribution < 1.29 is 29.0 Å². The van der Waals surface area contributed by atoms with E-state index in [-0.39, 0.29) is 32.6 Å². The van der Waals surface area contributed by atoms with Gasteiger partial charge >= 0.3 is 5.97 Å². The molecule has 0 atom stereocenters. The molecule has 0 bridgehead atoms. The summed E-state index contributed by atoms with van der Waals surface area (Å²) in [7, 11) is 1.38. The predicted octanol–water partition coefficient (Wildman–Crippen LogP) is 2.87. The van der Waals surface area contributed by atoms with E-state index in [1.165, 1.54) is 19.3 Å². The van der Waals surface area contributed by atoms with Gasteiger partial charge in [-0.2, -0.15) is 0 Å². The molecule has 24 heavy (non-hydrogen) atoms. The van der Waals surface area contributed by atoms with Crippen molar-refractivity contribution in [3.05, 3.63) is 27.6 Å². The molecule has 0 aromatic heterocycles. The second-order valence-corrected chi connectivity index (χ2v) is 6.04. The maximum Gasteiger partial charge on any atom is 0.341 e. The largest absolute Gasteiger partial charge is 0.493 e. The predicted molar refractivity (Wildman–Crippen MR) is 89.5 cm³/mol. The highest BCUT2D eigenvalue weighted by Crippen LogP contribution is 2.38. The molecule has 0 saturated carbocycles. The normalized spacial score (nSPS) is 16.0. The number of nitrogens with zero attached hydrogens (tertiary/aromatic N) is 1. The number of benzene rings is 1. The van der Waals surface area contributed by atoms with Crippen LogP contribution in [0, 0.1) is 0 Å². The first-order valence-electron chi connectivity index (χ1n) is 6.84. The second-order valence-electron chi connectivity index (χ2n) is 4.64. The molecule has 0 unspecified atom stereocenters. The number of rotatable bonds is 6. The Morgan fingerprint density at radius 3 is 2.67 bits per heavy atom. The molecule has 9 heteroatoms. The summed E-state index contributed by atoms with van der Waals surface area (Å²) >= 11 is 6.95. The number of carboxylic acids is 1. The van der Waals surface area contributed by atoms with Crippen molar-refractivity contribution in [2.45, 2.75) is 6.92 Å². The number of amides is 2. The molecule has 1 heterocycles. The number of aliphatic carboxylic acids is 1. The van der Waals surface area contributed by atoms with Gasteiger partial charge < -0.3 is 14.6 Å². The highest BCUT2D eigenvalue weighted by atomic mass is 35.5. The van der Waals surface area contributed by atoms with E-state index in [1.807, 2.05) is 0 Å². The number of likely N-dealkylation sites (N-methyl/N-ethyl adjacent to an activating group) is 1. The van der Waals surface area contributed by atoms with Crippen LogP contribution in [0.15, 0.2) is 17.0 Å². The molecular formula is C15H14ClNO6S. The van der Waals surface area contributed by atoms with Crippen LogP contribution in [0.3, 0.4) is 0 Å². The highest BCUT2D eigenvalue weighted by molar-refractivity contribution is 8.18. The van der Waals surface area contributed by atoms with Gasteiger partial charge in [0.15, 0.2) is 18.1 Å². The smallest absolute Gasteiger partial charge is 0.341 e. The molecule has 0 aliphatic carbocycles. The summed E-state index contributed by atoms with van der Waals surface area (Å²) in [5, 5.41) is 8.49. The fourth-order valence-corrected chi connectivity index (χ4v) is 3.20. The molecule has 0 spiro atoms. The first kappa shape index (κ1) is 18.2. The number of imide groups is 1. The van der Waals surface area contributed by atoms with Crippen molar-refractivity contribution >= 4 is 46.6 Å². The standard InChI is InChI=1S/C15H14ClNO6S/c1-3-17-14(20)11(24-15(17)21)6-8-4-9(16)13(10(5-8)22-2)23-7-12(18)19/h4-6H,3,7H2,1-2H3,(H,18,19)/b11-6+. The van der Waals surface area contributed by atoms with E-state index in [1.54, 1.807) is 13.0 Å². The zero-order chi connectivity index (χ0) is 17.9. The van der Waals surface area contributed by atoms with Gasteiger partial charge in [0.05, 0.1) is 17.0 Å². The fraction of sp³-hybridized carbons (Fsp3) is 0.267. The summed E-state index contributed by atoms with van der Waals surface area (Å²) in [6, 6.07) is 3.05. The summed E-state index contributed by atoms with van der Waals surface area (Å²) in [6.45, 7) is 1.45. The maximum absolute atomic E-state index is 12.1. The van der Waals surface area contributed by atoms with E-state index in [4.69, 9.17) is 26.2 Å². The van der Waals surface area contributed by atoms with Gasteiger partial charge in [0.1, 0.15) is 0 Å². The van der Waals surface area contributed by atoms with Crippen molar-refractivity contribution in [1.29, 1.82) is 0 Å². The molecule has 0 radical (unpaired) electrons. The van der Waals surface area contributed by atoms with Crippen molar-refractivity contribution in [3.8, 4) is 11.5 Å². The average Bonchev–Trinajstić information content (AvgIpc) is 2.79. The third-order valence-corrected chi connectivity index (χ3v) is 4.27. The Kier molecular flexibility index (Phi) is 5.74. The van der Waals surface area contributed by atoms with Crippen LogP contribution < -0.4 is 9.47 Å². The molecular weight excluding hydrogens is 358 g/mol. The molecule has 1 saturated heterocycles. The third-order valence-electron chi connectivity index (χ3n) is 3.08. The SMILES string of the molecule is CCN1C(=O)S/C(=C/c2cc(Cl)c(OCC(=O)O)c(OC)c2)C1=O. The van der Waals surface area contributed by atoms with Crippen LogP contribution in [0.1, 0.15) is 12.5 Å². The topological polar surface area (TPSA) is 93.1 Å². The van der Waals surface area contributed by atoms with Gasteiger partial charge in [-0.25, -0.2) is 4.79 Å². The number of thioether (sulfide) groups is 1. The Labute approximate surface area is 147 Å². The Bertz CT molecular complexity index is 733. The van der Waals surface area contributed by atoms with Gasteiger partial charge in [-0.05, 0) is 42.5 Å². The minimum absolute atomic E-state index is 0.0976. The van der Waals surface area contributed by atoms with Crippen LogP contribution in [0.5, 0.6) is 11.5 Å². The van der Waals surface area contributed by atoms with E-state index in [0.717, 1.165) is 16.7 Å². The van der Waals surface area contributed by atoms with Gasteiger partial charge in [0.2, 0.25) is 0 Å². The molecule has 1 aromatic rings. The molecule has 2 amide bonds. The average molecular weight is 372 g/mol. The second kappa shape index (κ2) is 7.59. The minimum atomic E-state index is -1.15. The quantitative estimate of drug-likeness (QED) is 0.768. The molecule has 7 nitrogen and oxygen atoms in total. The van der Waals surface area contributed by atoms with Crippen molar-refractivity contribution in [1.82, 2.24) is 4.90 Å². The molecule has 1 fully saturated rings. The fourth-order valence-electron chi connectivity index (χ4n) is 2.02. The lowest BCUT2D eigenvalue weighted by molar-refractivity contribution is -0.139. The summed E-state index contributed by atoms with van der Waals surface area (Å²) < 4.78 is 10.3. The van der Waals surface area contributed by atoms with Crippen LogP contribution >= 0.6 is 23.4 Å². The van der Waals surface area contributed by atoms with Crippen LogP contribution in [0.25, 0.3) is 6.08 Å². The zero-order valence-electron chi connectivity index (χ0n) is 12.9. The number of carbonyl (C=O) groups is 3. The number of hydrogen-bond acceptors (Lipinski definition) is 6. The molecule has 1 aliphatic rings. The van der Waals surface area contributed by atoms with E-state index < -0.39 is 12.6 Å². The van der Waals surface area contributed by atoms with Crippen LogP contribution in [-0.2, 0) is 9.59 Å². The lowest BCUT2D eigenvalue weighted by Gasteiger charge is -2.12. The van der Waals surface area contributed by atoms with Gasteiger partial charge in [0.25, 0.3) is 11.1 Å². The Morgan fingerprint density at radius 1 is 1.42 bits per heavy atom. The third kappa shape index (κ3) is 3.82. The first-order valence-corrected chi connectivity index (χ1v) is 8.04. The summed E-state index contributed by atoms with van der Waals surface area (Å²) in [5.41, 5.74) is 0.529. The number of methoxy groups -OCH3 is 1. The van der Waals surface area contributed by atoms with Crippen LogP contribution in [0.4, 0.5) is 4.79 Å². The monoisotopic (exact) mass is 371 g/mol. The van der Waals surface area contributed by atoms with Crippen molar-refractivity contribution in [2.24, 2.45) is 0 Å².